The molecule has 4 nitrogen and oxygen atoms in total. The normalized spacial score (nSPS) is 24.0. The molecule has 1 unspecified atom stereocenters. The first-order valence-corrected chi connectivity index (χ1v) is 7.81. The molecular formula is C17H28N2O2. The molecule has 1 aromatic heterocycles. The third-order valence-corrected chi connectivity index (χ3v) is 4.21. The first-order valence-electron chi connectivity index (χ1n) is 7.81. The molecule has 0 radical (unpaired) electrons. The number of aliphatic hydroxyl groups is 2. The Bertz CT molecular complexity index is 492. The lowest BCUT2D eigenvalue weighted by Crippen LogP contribution is -2.29. The van der Waals surface area contributed by atoms with E-state index in [0.29, 0.717) is 0 Å². The Morgan fingerprint density at radius 2 is 1.95 bits per heavy atom. The van der Waals surface area contributed by atoms with Gasteiger partial charge in [-0.3, -0.25) is 0 Å². The lowest BCUT2D eigenvalue weighted by atomic mass is 9.91. The van der Waals surface area contributed by atoms with Crippen LogP contribution in [0, 0.1) is 0 Å². The lowest BCUT2D eigenvalue weighted by molar-refractivity contribution is 0.0481. The number of hydrogen-bond acceptors (Lipinski definition) is 4. The molecule has 1 saturated heterocycles. The van der Waals surface area contributed by atoms with Crippen LogP contribution in [0.15, 0.2) is 12.1 Å². The third kappa shape index (κ3) is 4.17. The van der Waals surface area contributed by atoms with Crippen molar-refractivity contribution in [1.82, 2.24) is 4.98 Å². The average Bonchev–Trinajstić information content (AvgIpc) is 2.58. The predicted molar refractivity (Wildman–Crippen MR) is 85.5 cm³/mol. The van der Waals surface area contributed by atoms with Crippen molar-refractivity contribution in [2.24, 2.45) is 0 Å². The van der Waals surface area contributed by atoms with Gasteiger partial charge in [0.2, 0.25) is 0 Å². The summed E-state index contributed by atoms with van der Waals surface area (Å²) < 4.78 is 0. The zero-order valence-corrected chi connectivity index (χ0v) is 13.7. The van der Waals surface area contributed by atoms with Crippen LogP contribution in [0.2, 0.25) is 0 Å². The molecule has 1 aromatic rings. The highest BCUT2D eigenvalue weighted by Crippen LogP contribution is 2.28. The maximum absolute atomic E-state index is 10.2. The summed E-state index contributed by atoms with van der Waals surface area (Å²) in [5.74, 6) is 0.921. The van der Waals surface area contributed by atoms with E-state index in [1.165, 1.54) is 0 Å². The van der Waals surface area contributed by atoms with E-state index in [4.69, 9.17) is 4.98 Å². The van der Waals surface area contributed by atoms with Gasteiger partial charge in [-0.15, -0.1) is 0 Å². The molecule has 1 atom stereocenters. The maximum atomic E-state index is 10.2. The van der Waals surface area contributed by atoms with Crippen LogP contribution >= 0.6 is 0 Å². The van der Waals surface area contributed by atoms with E-state index < -0.39 is 5.60 Å². The van der Waals surface area contributed by atoms with Gasteiger partial charge < -0.3 is 15.1 Å². The fourth-order valence-corrected chi connectivity index (χ4v) is 2.70. The second-order valence-corrected chi connectivity index (χ2v) is 7.46. The van der Waals surface area contributed by atoms with Gasteiger partial charge in [-0.1, -0.05) is 20.8 Å². The Morgan fingerprint density at radius 1 is 1.24 bits per heavy atom. The van der Waals surface area contributed by atoms with Crippen molar-refractivity contribution >= 4 is 5.82 Å². The molecule has 0 aromatic carbocycles. The number of anilines is 1. The molecular weight excluding hydrogens is 264 g/mol. The summed E-state index contributed by atoms with van der Waals surface area (Å²) >= 11 is 0. The van der Waals surface area contributed by atoms with E-state index in [0.717, 1.165) is 49.4 Å². The number of pyridine rings is 1. The van der Waals surface area contributed by atoms with Crippen molar-refractivity contribution in [2.45, 2.75) is 64.6 Å². The van der Waals surface area contributed by atoms with Gasteiger partial charge in [0.25, 0.3) is 0 Å². The number of aliphatic hydroxyl groups excluding tert-OH is 1. The Kier molecular flexibility index (Phi) is 4.59. The summed E-state index contributed by atoms with van der Waals surface area (Å²) in [5.41, 5.74) is 1.29. The summed E-state index contributed by atoms with van der Waals surface area (Å²) in [6, 6.07) is 3.95. The Labute approximate surface area is 127 Å². The van der Waals surface area contributed by atoms with E-state index in [1.54, 1.807) is 0 Å². The molecule has 0 amide bonds. The predicted octanol–water partition coefficient (Wildman–Crippen LogP) is 2.61. The molecule has 0 bridgehead atoms. The highest BCUT2D eigenvalue weighted by atomic mass is 16.3. The number of hydrogen-bond donors (Lipinski definition) is 2. The summed E-state index contributed by atoms with van der Waals surface area (Å²) in [4.78, 5) is 7.03. The fraction of sp³-hybridized carbons (Fsp3) is 0.706. The molecule has 21 heavy (non-hydrogen) atoms. The molecule has 118 valence electrons. The number of rotatable bonds is 2. The monoisotopic (exact) mass is 292 g/mol. The molecule has 2 N–H and O–H groups in total. The molecule has 0 spiro atoms. The second kappa shape index (κ2) is 5.93. The van der Waals surface area contributed by atoms with Crippen LogP contribution in [0.5, 0.6) is 0 Å². The van der Waals surface area contributed by atoms with Crippen LogP contribution in [-0.2, 0) is 12.0 Å². The number of aromatic nitrogens is 1. The lowest BCUT2D eigenvalue weighted by Gasteiger charge is -2.26. The first kappa shape index (κ1) is 16.2. The molecule has 2 heterocycles. The van der Waals surface area contributed by atoms with Gasteiger partial charge in [-0.25, -0.2) is 4.98 Å². The van der Waals surface area contributed by atoms with Crippen LogP contribution in [0.1, 0.15) is 58.2 Å². The van der Waals surface area contributed by atoms with Crippen LogP contribution < -0.4 is 4.90 Å². The van der Waals surface area contributed by atoms with Crippen LogP contribution in [0.25, 0.3) is 0 Å². The fourth-order valence-electron chi connectivity index (χ4n) is 2.70. The van der Waals surface area contributed by atoms with Gasteiger partial charge in [0.15, 0.2) is 0 Å². The quantitative estimate of drug-likeness (QED) is 0.880. The van der Waals surface area contributed by atoms with Gasteiger partial charge in [0.05, 0.1) is 12.2 Å². The van der Waals surface area contributed by atoms with Crippen LogP contribution in [0.4, 0.5) is 5.82 Å². The van der Waals surface area contributed by atoms with Crippen LogP contribution in [-0.4, -0.2) is 33.9 Å². The van der Waals surface area contributed by atoms with Crippen molar-refractivity contribution in [1.29, 1.82) is 0 Å². The minimum absolute atomic E-state index is 0.0319. The SMILES string of the molecule is CC1(O)CCCN(c2cc(CO)cc(C(C)(C)C)n2)CC1. The average molecular weight is 292 g/mol. The minimum Gasteiger partial charge on any atom is -0.392 e. The van der Waals surface area contributed by atoms with Crippen molar-refractivity contribution in [2.75, 3.05) is 18.0 Å². The van der Waals surface area contributed by atoms with Gasteiger partial charge >= 0.3 is 0 Å². The Hall–Kier alpha value is -1.13. The summed E-state index contributed by atoms with van der Waals surface area (Å²) in [5, 5.41) is 19.7. The summed E-state index contributed by atoms with van der Waals surface area (Å²) in [7, 11) is 0. The van der Waals surface area contributed by atoms with E-state index in [1.807, 2.05) is 19.1 Å². The Morgan fingerprint density at radius 3 is 2.57 bits per heavy atom. The molecule has 1 aliphatic heterocycles. The molecule has 1 aliphatic rings. The summed E-state index contributed by atoms with van der Waals surface area (Å²) in [6.45, 7) is 10.0. The van der Waals surface area contributed by atoms with Crippen molar-refractivity contribution < 1.29 is 10.2 Å². The smallest absolute Gasteiger partial charge is 0.129 e. The van der Waals surface area contributed by atoms with Gasteiger partial charge in [-0.2, -0.15) is 0 Å². The van der Waals surface area contributed by atoms with Gasteiger partial charge in [0.1, 0.15) is 5.82 Å². The zero-order valence-electron chi connectivity index (χ0n) is 13.7. The zero-order chi connectivity index (χ0) is 15.7. The molecule has 0 saturated carbocycles. The molecule has 1 fully saturated rings. The third-order valence-electron chi connectivity index (χ3n) is 4.21. The van der Waals surface area contributed by atoms with Crippen LogP contribution in [0.3, 0.4) is 0 Å². The number of nitrogens with zero attached hydrogens (tertiary/aromatic N) is 2. The maximum Gasteiger partial charge on any atom is 0.129 e. The molecule has 4 heteroatoms. The minimum atomic E-state index is -0.573. The van der Waals surface area contributed by atoms with E-state index in [2.05, 4.69) is 25.7 Å². The largest absolute Gasteiger partial charge is 0.392 e. The highest BCUT2D eigenvalue weighted by molar-refractivity contribution is 5.44. The van der Waals surface area contributed by atoms with Gasteiger partial charge in [0, 0.05) is 24.2 Å². The van der Waals surface area contributed by atoms with E-state index in [-0.39, 0.29) is 12.0 Å². The molecule has 0 aliphatic carbocycles. The van der Waals surface area contributed by atoms with Crippen molar-refractivity contribution in [3.05, 3.63) is 23.4 Å². The van der Waals surface area contributed by atoms with Crippen molar-refractivity contribution in [3.63, 3.8) is 0 Å². The highest BCUT2D eigenvalue weighted by Gasteiger charge is 2.26. The standard InChI is InChI=1S/C17H28N2O2/c1-16(2,3)14-10-13(12-20)11-15(18-14)19-8-5-6-17(4,21)7-9-19/h10-11,20-21H,5-9,12H2,1-4H3. The van der Waals surface area contributed by atoms with Gasteiger partial charge in [-0.05, 0) is 43.9 Å². The first-order chi connectivity index (χ1) is 9.71. The molecule has 2 rings (SSSR count). The second-order valence-electron chi connectivity index (χ2n) is 7.46. The van der Waals surface area contributed by atoms with E-state index >= 15 is 0 Å². The van der Waals surface area contributed by atoms with Crippen molar-refractivity contribution in [3.8, 4) is 0 Å². The topological polar surface area (TPSA) is 56.6 Å². The Balaban J connectivity index is 2.30. The van der Waals surface area contributed by atoms with E-state index in [9.17, 15) is 10.2 Å². The summed E-state index contributed by atoms with van der Waals surface area (Å²) in [6.07, 6.45) is 2.54.